The third-order valence-electron chi connectivity index (χ3n) is 6.02. The summed E-state index contributed by atoms with van der Waals surface area (Å²) in [5.41, 5.74) is 0.443. The number of aliphatic hydroxyl groups excluding tert-OH is 3. The average Bonchev–Trinajstić information content (AvgIpc) is 2.92. The number of rotatable bonds is 7. The lowest BCUT2D eigenvalue weighted by Crippen LogP contribution is -2.64. The fourth-order valence-corrected chi connectivity index (χ4v) is 4.03. The van der Waals surface area contributed by atoms with Crippen LogP contribution < -0.4 is 0 Å². The predicted molar refractivity (Wildman–Crippen MR) is 127 cm³/mol. The van der Waals surface area contributed by atoms with Crippen LogP contribution in [0.4, 0.5) is 0 Å². The first kappa shape index (κ1) is 26.3. The number of aromatic hydroxyl groups is 1. The molecule has 37 heavy (non-hydrogen) atoms. The second-order valence-corrected chi connectivity index (χ2v) is 8.53. The standard InChI is InChI=1S/C27H26O10/c28-19-11-12-20(18(13-19)14-35-25(32)16-7-3-1-4-8-16)27(34)24(31)23(30)22(29)21(37-27)15-36-26(33)17-9-5-2-6-10-17/h1-13,21-24,28-31,34H,14-15H2/t21-,22-,23+,24-,27-/m1/s1. The molecule has 0 bridgehead atoms. The van der Waals surface area contributed by atoms with Gasteiger partial charge in [-0.05, 0) is 42.5 Å². The smallest absolute Gasteiger partial charge is 0.338 e. The molecule has 1 fully saturated rings. The summed E-state index contributed by atoms with van der Waals surface area (Å²) in [7, 11) is 0. The van der Waals surface area contributed by atoms with E-state index in [4.69, 9.17) is 14.2 Å². The Kier molecular flexibility index (Phi) is 7.86. The molecule has 0 spiro atoms. The van der Waals surface area contributed by atoms with E-state index in [1.54, 1.807) is 48.5 Å². The van der Waals surface area contributed by atoms with Crippen molar-refractivity contribution in [3.63, 3.8) is 0 Å². The summed E-state index contributed by atoms with van der Waals surface area (Å²) < 4.78 is 16.1. The summed E-state index contributed by atoms with van der Waals surface area (Å²) in [6.07, 6.45) is -7.09. The largest absolute Gasteiger partial charge is 0.508 e. The molecule has 0 unspecified atom stereocenters. The highest BCUT2D eigenvalue weighted by Crippen LogP contribution is 2.39. The third-order valence-corrected chi connectivity index (χ3v) is 6.02. The van der Waals surface area contributed by atoms with E-state index in [2.05, 4.69) is 0 Å². The molecule has 1 aliphatic rings. The molecule has 194 valence electrons. The van der Waals surface area contributed by atoms with Gasteiger partial charge in [-0.1, -0.05) is 36.4 Å². The number of benzene rings is 3. The number of carbonyl (C=O) groups is 2. The maximum absolute atomic E-state index is 12.4. The van der Waals surface area contributed by atoms with Crippen LogP contribution >= 0.6 is 0 Å². The van der Waals surface area contributed by atoms with Crippen LogP contribution in [0.25, 0.3) is 0 Å². The van der Waals surface area contributed by atoms with Gasteiger partial charge >= 0.3 is 11.9 Å². The summed E-state index contributed by atoms with van der Waals surface area (Å²) >= 11 is 0. The Labute approximate surface area is 211 Å². The molecule has 3 aromatic carbocycles. The first-order valence-electron chi connectivity index (χ1n) is 11.4. The molecule has 4 rings (SSSR count). The molecule has 5 atom stereocenters. The van der Waals surface area contributed by atoms with Crippen molar-refractivity contribution in [1.29, 1.82) is 0 Å². The van der Waals surface area contributed by atoms with Crippen molar-refractivity contribution >= 4 is 11.9 Å². The van der Waals surface area contributed by atoms with Gasteiger partial charge in [0.25, 0.3) is 0 Å². The maximum Gasteiger partial charge on any atom is 0.338 e. The molecule has 10 heteroatoms. The van der Waals surface area contributed by atoms with Crippen molar-refractivity contribution in [3.8, 4) is 5.75 Å². The minimum atomic E-state index is -2.62. The van der Waals surface area contributed by atoms with Crippen molar-refractivity contribution < 1.29 is 49.3 Å². The van der Waals surface area contributed by atoms with E-state index >= 15 is 0 Å². The lowest BCUT2D eigenvalue weighted by Gasteiger charge is -2.46. The lowest BCUT2D eigenvalue weighted by molar-refractivity contribution is -0.357. The highest BCUT2D eigenvalue weighted by atomic mass is 16.7. The number of phenols is 1. The summed E-state index contributed by atoms with van der Waals surface area (Å²) in [6.45, 7) is -0.987. The molecule has 10 nitrogen and oxygen atoms in total. The summed E-state index contributed by atoms with van der Waals surface area (Å²) in [4.78, 5) is 24.7. The molecule has 1 aliphatic heterocycles. The van der Waals surface area contributed by atoms with Gasteiger partial charge in [0.05, 0.1) is 11.1 Å². The van der Waals surface area contributed by atoms with E-state index < -0.39 is 55.4 Å². The SMILES string of the molecule is O=C(OCc1cc(O)ccc1[C@@]1(O)O[C@H](COC(=O)c2ccccc2)[C@@H](O)[C@H](O)[C@H]1O)c1ccccc1. The van der Waals surface area contributed by atoms with Crippen molar-refractivity contribution in [1.82, 2.24) is 0 Å². The summed E-state index contributed by atoms with van der Waals surface area (Å²) in [5.74, 6) is -4.24. The molecule has 5 N–H and O–H groups in total. The molecule has 0 saturated carbocycles. The maximum atomic E-state index is 12.4. The quantitative estimate of drug-likeness (QED) is 0.292. The van der Waals surface area contributed by atoms with Crippen LogP contribution in [-0.4, -0.2) is 68.5 Å². The number of phenolic OH excluding ortho intramolecular Hbond substituents is 1. The van der Waals surface area contributed by atoms with Crippen LogP contribution in [0.15, 0.2) is 78.9 Å². The highest BCUT2D eigenvalue weighted by Gasteiger charge is 2.54. The van der Waals surface area contributed by atoms with Gasteiger partial charge in [-0.3, -0.25) is 0 Å². The molecular weight excluding hydrogens is 484 g/mol. The van der Waals surface area contributed by atoms with Gasteiger partial charge in [-0.2, -0.15) is 0 Å². The summed E-state index contributed by atoms with van der Waals surface area (Å²) in [5, 5.41) is 53.0. The molecule has 0 radical (unpaired) electrons. The molecule has 0 aromatic heterocycles. The Morgan fingerprint density at radius 3 is 1.97 bits per heavy atom. The van der Waals surface area contributed by atoms with E-state index in [0.717, 1.165) is 0 Å². The summed E-state index contributed by atoms with van der Waals surface area (Å²) in [6, 6.07) is 19.8. The van der Waals surface area contributed by atoms with Crippen LogP contribution in [0.5, 0.6) is 5.75 Å². The van der Waals surface area contributed by atoms with Crippen molar-refractivity contribution in [2.24, 2.45) is 0 Å². The Bertz CT molecular complexity index is 1230. The second kappa shape index (κ2) is 11.1. The van der Waals surface area contributed by atoms with Crippen LogP contribution in [0.2, 0.25) is 0 Å². The number of hydrogen-bond acceptors (Lipinski definition) is 10. The molecule has 0 amide bonds. The van der Waals surface area contributed by atoms with E-state index in [1.807, 2.05) is 0 Å². The first-order valence-corrected chi connectivity index (χ1v) is 11.4. The lowest BCUT2D eigenvalue weighted by atomic mass is 9.86. The van der Waals surface area contributed by atoms with Crippen LogP contribution in [0.3, 0.4) is 0 Å². The molecule has 0 aliphatic carbocycles. The average molecular weight is 510 g/mol. The fraction of sp³-hybridized carbons (Fsp3) is 0.259. The Morgan fingerprint density at radius 2 is 1.38 bits per heavy atom. The van der Waals surface area contributed by atoms with Gasteiger partial charge in [0.1, 0.15) is 43.4 Å². The van der Waals surface area contributed by atoms with E-state index in [-0.39, 0.29) is 28.0 Å². The van der Waals surface area contributed by atoms with E-state index in [1.165, 1.54) is 30.3 Å². The van der Waals surface area contributed by atoms with E-state index in [0.29, 0.717) is 0 Å². The topological polar surface area (TPSA) is 163 Å². The molecule has 1 heterocycles. The number of aliphatic hydroxyl groups is 4. The number of hydrogen-bond donors (Lipinski definition) is 5. The normalized spacial score (nSPS) is 25.3. The zero-order chi connectivity index (χ0) is 26.6. The van der Waals surface area contributed by atoms with Gasteiger partial charge in [-0.25, -0.2) is 9.59 Å². The van der Waals surface area contributed by atoms with E-state index in [9.17, 15) is 35.1 Å². The van der Waals surface area contributed by atoms with Gasteiger partial charge in [0.2, 0.25) is 5.79 Å². The van der Waals surface area contributed by atoms with Crippen LogP contribution in [0, 0.1) is 0 Å². The molecule has 3 aromatic rings. The Morgan fingerprint density at radius 1 is 0.811 bits per heavy atom. The Balaban J connectivity index is 1.56. The molecular formula is C27H26O10. The van der Waals surface area contributed by atoms with Gasteiger partial charge in [-0.15, -0.1) is 0 Å². The predicted octanol–water partition coefficient (Wildman–Crippen LogP) is 1.23. The van der Waals surface area contributed by atoms with Gasteiger partial charge in [0, 0.05) is 11.1 Å². The zero-order valence-electron chi connectivity index (χ0n) is 19.5. The fourth-order valence-electron chi connectivity index (χ4n) is 4.03. The molecule has 1 saturated heterocycles. The van der Waals surface area contributed by atoms with Gasteiger partial charge < -0.3 is 39.7 Å². The minimum Gasteiger partial charge on any atom is -0.508 e. The van der Waals surface area contributed by atoms with Crippen LogP contribution in [-0.2, 0) is 26.6 Å². The highest BCUT2D eigenvalue weighted by molar-refractivity contribution is 5.89. The third kappa shape index (κ3) is 5.63. The monoisotopic (exact) mass is 510 g/mol. The second-order valence-electron chi connectivity index (χ2n) is 8.53. The first-order chi connectivity index (χ1) is 17.7. The Hall–Kier alpha value is -3.80. The minimum absolute atomic E-state index is 0.0643. The number of esters is 2. The number of carbonyl (C=O) groups excluding carboxylic acids is 2. The van der Waals surface area contributed by atoms with Crippen molar-refractivity contribution in [2.75, 3.05) is 6.61 Å². The van der Waals surface area contributed by atoms with Gasteiger partial charge in [0.15, 0.2) is 0 Å². The number of ether oxygens (including phenoxy) is 3. The van der Waals surface area contributed by atoms with Crippen molar-refractivity contribution in [2.45, 2.75) is 36.8 Å². The van der Waals surface area contributed by atoms with Crippen molar-refractivity contribution in [3.05, 3.63) is 101 Å². The van der Waals surface area contributed by atoms with Crippen LogP contribution in [0.1, 0.15) is 31.8 Å². The zero-order valence-corrected chi connectivity index (χ0v) is 19.5.